The third-order valence-electron chi connectivity index (χ3n) is 1.90. The second-order valence-electron chi connectivity index (χ2n) is 3.71. The zero-order valence-corrected chi connectivity index (χ0v) is 15.9. The number of allylic oxidation sites excluding steroid dienone is 1. The predicted octanol–water partition coefficient (Wildman–Crippen LogP) is 5.27. The van der Waals surface area contributed by atoms with Crippen LogP contribution in [0.5, 0.6) is 0 Å². The first-order valence-electron chi connectivity index (χ1n) is 5.78. The Balaban J connectivity index is 0. The number of halogens is 3. The van der Waals surface area contributed by atoms with E-state index in [4.69, 9.17) is 39.6 Å². The smallest absolute Gasteiger partial charge is 0.276 e. The molecule has 22 heavy (non-hydrogen) atoms. The van der Waals surface area contributed by atoms with E-state index >= 15 is 0 Å². The summed E-state index contributed by atoms with van der Waals surface area (Å²) in [6, 6.07) is 9.78. The molecule has 1 aromatic carbocycles. The molecule has 0 bridgehead atoms. The molecule has 1 aromatic rings. The van der Waals surface area contributed by atoms with Crippen LogP contribution in [0.2, 0.25) is 0 Å². The Labute approximate surface area is 156 Å². The van der Waals surface area contributed by atoms with Crippen LogP contribution < -0.4 is 11.1 Å². The first-order valence-corrected chi connectivity index (χ1v) is 7.80. The summed E-state index contributed by atoms with van der Waals surface area (Å²) < 4.78 is 0.136. The van der Waals surface area contributed by atoms with Crippen molar-refractivity contribution in [3.8, 4) is 0 Å². The highest BCUT2D eigenvalue weighted by Gasteiger charge is 2.04. The first kappa shape index (κ1) is 23.7. The van der Waals surface area contributed by atoms with Crippen LogP contribution in [0.25, 0.3) is 0 Å². The van der Waals surface area contributed by atoms with Crippen molar-refractivity contribution in [3.63, 3.8) is 0 Å². The van der Waals surface area contributed by atoms with E-state index in [1.807, 2.05) is 37.3 Å². The summed E-state index contributed by atoms with van der Waals surface area (Å²) in [5, 5.41) is 2.17. The summed E-state index contributed by atoms with van der Waals surface area (Å²) in [5.41, 5.74) is 5.42. The topological polar surface area (TPSA) is 72.2 Å². The lowest BCUT2D eigenvalue weighted by molar-refractivity contribution is 0.258. The van der Waals surface area contributed by atoms with Gasteiger partial charge in [-0.05, 0) is 19.4 Å². The number of hydrogen-bond acceptors (Lipinski definition) is 2. The minimum Gasteiger partial charge on any atom is -0.361 e. The molecule has 0 aliphatic heterocycles. The van der Waals surface area contributed by atoms with E-state index in [1.54, 1.807) is 6.92 Å². The molecule has 0 radical (unpaired) electrons. The zero-order valence-electron chi connectivity index (χ0n) is 11.9. The molecular weight excluding hydrogens is 387 g/mol. The highest BCUT2D eigenvalue weighted by atomic mass is 35.5. The number of nitrogens with two attached hydrogens (primary N) is 1. The van der Waals surface area contributed by atoms with Crippen LogP contribution in [0.1, 0.15) is 25.5 Å². The van der Waals surface area contributed by atoms with E-state index in [0.717, 1.165) is 5.56 Å². The van der Waals surface area contributed by atoms with Gasteiger partial charge in [-0.15, -0.1) is 0 Å². The van der Waals surface area contributed by atoms with Gasteiger partial charge in [0.2, 0.25) is 0 Å². The summed E-state index contributed by atoms with van der Waals surface area (Å²) in [7, 11) is 0. The van der Waals surface area contributed by atoms with Gasteiger partial charge in [-0.1, -0.05) is 90.4 Å². The summed E-state index contributed by atoms with van der Waals surface area (Å²) in [5.74, 6) is 0. The fourth-order valence-corrected chi connectivity index (χ4v) is 1.20. The van der Waals surface area contributed by atoms with E-state index < -0.39 is 5.24 Å². The van der Waals surface area contributed by atoms with Gasteiger partial charge >= 0.3 is 0 Å². The number of hydrogen-bond donors (Lipinski definition) is 4. The highest BCUT2D eigenvalue weighted by molar-refractivity contribution is 7.96. The monoisotopic (exact) mass is 402 g/mol. The molecule has 1 unspecified atom stereocenters. The van der Waals surface area contributed by atoms with E-state index in [0.29, 0.717) is 5.03 Å². The Morgan fingerprint density at radius 1 is 1.14 bits per heavy atom. The Morgan fingerprint density at radius 3 is 1.77 bits per heavy atom. The van der Waals surface area contributed by atoms with Crippen molar-refractivity contribution in [2.24, 2.45) is 5.73 Å². The number of thiol groups is 2. The van der Waals surface area contributed by atoms with Gasteiger partial charge in [0.1, 0.15) is 4.49 Å². The van der Waals surface area contributed by atoms with Gasteiger partial charge in [0.15, 0.2) is 0 Å². The molecule has 2 amide bonds. The van der Waals surface area contributed by atoms with Gasteiger partial charge in [0.05, 0.1) is 6.04 Å². The molecule has 0 aliphatic rings. The van der Waals surface area contributed by atoms with Gasteiger partial charge in [0.25, 0.3) is 10.5 Å². The van der Waals surface area contributed by atoms with Crippen molar-refractivity contribution in [1.29, 1.82) is 0 Å². The van der Waals surface area contributed by atoms with Crippen molar-refractivity contribution in [2.75, 3.05) is 0 Å². The minimum atomic E-state index is -0.639. The zero-order chi connectivity index (χ0) is 17.7. The average Bonchev–Trinajstić information content (AvgIpc) is 2.39. The Kier molecular flexibility index (Phi) is 15.2. The van der Waals surface area contributed by atoms with Crippen molar-refractivity contribution < 1.29 is 9.59 Å². The Bertz CT molecular complexity index is 477. The molecular formula is C13H17Cl3N2O2S2. The first-order chi connectivity index (χ1) is 10.1. The van der Waals surface area contributed by atoms with Crippen LogP contribution in [0, 0.1) is 0 Å². The van der Waals surface area contributed by atoms with Crippen molar-refractivity contribution >= 4 is 70.5 Å². The maximum atomic E-state index is 10.6. The molecule has 1 rings (SSSR count). The van der Waals surface area contributed by atoms with Crippen LogP contribution in [-0.4, -0.2) is 10.5 Å². The van der Waals surface area contributed by atoms with Crippen LogP contribution in [0.4, 0.5) is 9.59 Å². The number of primary amides is 1. The molecule has 0 fully saturated rings. The molecule has 124 valence electrons. The summed E-state index contributed by atoms with van der Waals surface area (Å²) in [6.07, 6.45) is 0. The van der Waals surface area contributed by atoms with Gasteiger partial charge < -0.3 is 11.1 Å². The van der Waals surface area contributed by atoms with Crippen LogP contribution in [0.15, 0.2) is 39.9 Å². The normalized spacial score (nSPS) is 9.95. The van der Waals surface area contributed by atoms with Crippen molar-refractivity contribution in [3.05, 3.63) is 45.4 Å². The second kappa shape index (κ2) is 14.1. The minimum absolute atomic E-state index is 0.0243. The largest absolute Gasteiger partial charge is 0.361 e. The second-order valence-corrected chi connectivity index (χ2v) is 6.08. The molecule has 0 aromatic heterocycles. The number of benzene rings is 1. The van der Waals surface area contributed by atoms with Gasteiger partial charge in [-0.3, -0.25) is 9.59 Å². The summed E-state index contributed by atoms with van der Waals surface area (Å²) in [4.78, 5) is 19.7. The van der Waals surface area contributed by atoms with Crippen LogP contribution in [-0.2, 0) is 0 Å². The quantitative estimate of drug-likeness (QED) is 0.508. The standard InChI is InChI=1S/C9H11NOS.C3H3Cl3.CH3NOS/c1-7(10-9(11)12)8-5-3-2-4-6-8;1-2(4)3(5)6;2-1(3)4/h2-7H,1H3,(H2,10,11,12);1H3;(H3,2,3,4). The fourth-order valence-electron chi connectivity index (χ4n) is 1.01. The molecule has 0 heterocycles. The van der Waals surface area contributed by atoms with Crippen LogP contribution >= 0.6 is 60.1 Å². The lowest BCUT2D eigenvalue weighted by Gasteiger charge is -2.11. The highest BCUT2D eigenvalue weighted by Crippen LogP contribution is 2.15. The van der Waals surface area contributed by atoms with E-state index in [2.05, 4.69) is 36.3 Å². The lowest BCUT2D eigenvalue weighted by atomic mass is 10.1. The molecule has 0 saturated carbocycles. The summed E-state index contributed by atoms with van der Waals surface area (Å²) in [6.45, 7) is 3.54. The Hall–Kier alpha value is -0.530. The molecule has 0 saturated heterocycles. The molecule has 4 nitrogen and oxygen atoms in total. The van der Waals surface area contributed by atoms with Gasteiger partial charge in [-0.2, -0.15) is 0 Å². The van der Waals surface area contributed by atoms with Crippen molar-refractivity contribution in [1.82, 2.24) is 5.32 Å². The number of carbonyl (C=O) groups is 2. The lowest BCUT2D eigenvalue weighted by Crippen LogP contribution is -2.20. The van der Waals surface area contributed by atoms with Crippen molar-refractivity contribution in [2.45, 2.75) is 19.9 Å². The third-order valence-corrected chi connectivity index (χ3v) is 2.98. The molecule has 0 aliphatic carbocycles. The molecule has 9 heteroatoms. The van der Waals surface area contributed by atoms with E-state index in [-0.39, 0.29) is 15.8 Å². The molecule has 0 spiro atoms. The average molecular weight is 404 g/mol. The maximum absolute atomic E-state index is 10.6. The van der Waals surface area contributed by atoms with E-state index in [9.17, 15) is 4.79 Å². The Morgan fingerprint density at radius 2 is 1.50 bits per heavy atom. The van der Waals surface area contributed by atoms with Gasteiger partial charge in [-0.25, -0.2) is 0 Å². The molecule has 3 N–H and O–H groups in total. The maximum Gasteiger partial charge on any atom is 0.276 e. The number of rotatable bonds is 2. The number of amides is 2. The third kappa shape index (κ3) is 17.5. The van der Waals surface area contributed by atoms with Crippen LogP contribution in [0.3, 0.4) is 0 Å². The van der Waals surface area contributed by atoms with Gasteiger partial charge in [0, 0.05) is 5.03 Å². The predicted molar refractivity (Wildman–Crippen MR) is 101 cm³/mol. The molecule has 1 atom stereocenters. The SMILES string of the molecule is CC(Cl)=C(Cl)Cl.CC(NC(=O)S)c1ccccc1.NC(=O)S. The fraction of sp³-hybridized carbons (Fsp3) is 0.231. The summed E-state index contributed by atoms with van der Waals surface area (Å²) >= 11 is 22.2. The number of nitrogens with one attached hydrogen (secondary N) is 1. The number of carbonyl (C=O) groups excluding carboxylic acids is 2. The van der Waals surface area contributed by atoms with E-state index in [1.165, 1.54) is 0 Å².